The molecule has 2 nitrogen and oxygen atoms in total. The van der Waals surface area contributed by atoms with Crippen molar-refractivity contribution in [3.63, 3.8) is 0 Å². The number of likely N-dealkylation sites (tertiary alicyclic amines) is 1. The quantitative estimate of drug-likeness (QED) is 0.859. The van der Waals surface area contributed by atoms with Gasteiger partial charge in [0.25, 0.3) is 0 Å². The molecule has 2 aromatic rings. The molecular weight excluding hydrogens is 280 g/mol. The van der Waals surface area contributed by atoms with Crippen molar-refractivity contribution < 1.29 is 0 Å². The fraction of sp³-hybridized carbons (Fsp3) is 0.429. The predicted octanol–water partition coefficient (Wildman–Crippen LogP) is 4.23. The van der Waals surface area contributed by atoms with Gasteiger partial charge in [-0.3, -0.25) is 0 Å². The predicted molar refractivity (Wildman–Crippen MR) is 97.6 cm³/mol. The molecule has 1 aliphatic rings. The average molecular weight is 308 g/mol. The SMILES string of the molecule is Cc1cccc(CNC(CN2CCCC2)c2ccccc2)c1C. The maximum absolute atomic E-state index is 3.81. The van der Waals surface area contributed by atoms with Crippen LogP contribution in [0, 0.1) is 13.8 Å². The summed E-state index contributed by atoms with van der Waals surface area (Å²) in [5, 5.41) is 3.81. The van der Waals surface area contributed by atoms with E-state index < -0.39 is 0 Å². The minimum Gasteiger partial charge on any atom is -0.305 e. The topological polar surface area (TPSA) is 15.3 Å². The third kappa shape index (κ3) is 4.21. The van der Waals surface area contributed by atoms with Crippen LogP contribution in [0.3, 0.4) is 0 Å². The van der Waals surface area contributed by atoms with Crippen LogP contribution in [-0.4, -0.2) is 24.5 Å². The number of hydrogen-bond acceptors (Lipinski definition) is 2. The van der Waals surface area contributed by atoms with Gasteiger partial charge >= 0.3 is 0 Å². The Morgan fingerprint density at radius 1 is 0.957 bits per heavy atom. The number of aryl methyl sites for hydroxylation is 1. The molecule has 0 radical (unpaired) electrons. The second kappa shape index (κ2) is 7.76. The molecule has 0 saturated carbocycles. The Morgan fingerprint density at radius 2 is 1.70 bits per heavy atom. The monoisotopic (exact) mass is 308 g/mol. The van der Waals surface area contributed by atoms with Gasteiger partial charge in [0.1, 0.15) is 0 Å². The van der Waals surface area contributed by atoms with E-state index >= 15 is 0 Å². The van der Waals surface area contributed by atoms with E-state index in [0.717, 1.165) is 13.1 Å². The minimum atomic E-state index is 0.397. The second-order valence-electron chi connectivity index (χ2n) is 6.71. The zero-order valence-electron chi connectivity index (χ0n) is 14.4. The van der Waals surface area contributed by atoms with Crippen molar-refractivity contribution in [3.8, 4) is 0 Å². The van der Waals surface area contributed by atoms with Gasteiger partial charge in [0, 0.05) is 19.1 Å². The molecule has 0 aromatic heterocycles. The summed E-state index contributed by atoms with van der Waals surface area (Å²) < 4.78 is 0. The second-order valence-corrected chi connectivity index (χ2v) is 6.71. The van der Waals surface area contributed by atoms with Gasteiger partial charge in [0.05, 0.1) is 0 Å². The van der Waals surface area contributed by atoms with E-state index in [2.05, 4.69) is 72.6 Å². The fourth-order valence-electron chi connectivity index (χ4n) is 3.43. The highest BCUT2D eigenvalue weighted by Crippen LogP contribution is 2.19. The zero-order chi connectivity index (χ0) is 16.1. The van der Waals surface area contributed by atoms with Gasteiger partial charge in [-0.2, -0.15) is 0 Å². The molecular formula is C21H28N2. The van der Waals surface area contributed by atoms with Crippen molar-refractivity contribution in [3.05, 3.63) is 70.8 Å². The first-order valence-electron chi connectivity index (χ1n) is 8.80. The van der Waals surface area contributed by atoms with E-state index in [0.29, 0.717) is 6.04 Å². The first-order chi connectivity index (χ1) is 11.2. The summed E-state index contributed by atoms with van der Waals surface area (Å²) in [6.07, 6.45) is 2.69. The van der Waals surface area contributed by atoms with Gasteiger partial charge in [0.2, 0.25) is 0 Å². The van der Waals surface area contributed by atoms with Gasteiger partial charge < -0.3 is 10.2 Å². The Morgan fingerprint density at radius 3 is 2.43 bits per heavy atom. The van der Waals surface area contributed by atoms with Crippen LogP contribution in [0.1, 0.15) is 41.1 Å². The molecule has 122 valence electrons. The zero-order valence-corrected chi connectivity index (χ0v) is 14.4. The summed E-state index contributed by atoms with van der Waals surface area (Å²) in [6.45, 7) is 8.95. The molecule has 2 aromatic carbocycles. The van der Waals surface area contributed by atoms with Crippen LogP contribution in [0.25, 0.3) is 0 Å². The molecule has 1 fully saturated rings. The van der Waals surface area contributed by atoms with Crippen LogP contribution in [0.2, 0.25) is 0 Å². The summed E-state index contributed by atoms with van der Waals surface area (Å²) in [4.78, 5) is 2.59. The summed E-state index contributed by atoms with van der Waals surface area (Å²) in [7, 11) is 0. The lowest BCUT2D eigenvalue weighted by molar-refractivity contribution is 0.291. The largest absolute Gasteiger partial charge is 0.305 e. The van der Waals surface area contributed by atoms with Crippen molar-refractivity contribution in [1.82, 2.24) is 10.2 Å². The van der Waals surface area contributed by atoms with Crippen LogP contribution >= 0.6 is 0 Å². The number of rotatable bonds is 6. The number of nitrogens with zero attached hydrogens (tertiary/aromatic N) is 1. The standard InChI is InChI=1S/C21H28N2/c1-17-9-8-12-20(18(17)2)15-22-21(16-23-13-6-7-14-23)19-10-4-3-5-11-19/h3-5,8-12,21-22H,6-7,13-16H2,1-2H3. The first-order valence-corrected chi connectivity index (χ1v) is 8.80. The lowest BCUT2D eigenvalue weighted by Gasteiger charge is -2.25. The van der Waals surface area contributed by atoms with Crippen LogP contribution < -0.4 is 5.32 Å². The molecule has 1 unspecified atom stereocenters. The Kier molecular flexibility index (Phi) is 5.47. The Balaban J connectivity index is 1.71. The number of nitrogens with one attached hydrogen (secondary N) is 1. The van der Waals surface area contributed by atoms with Crippen LogP contribution in [0.4, 0.5) is 0 Å². The molecule has 1 saturated heterocycles. The van der Waals surface area contributed by atoms with Gasteiger partial charge in [-0.25, -0.2) is 0 Å². The number of benzene rings is 2. The van der Waals surface area contributed by atoms with Crippen molar-refractivity contribution in [2.75, 3.05) is 19.6 Å². The Bertz CT molecular complexity index is 615. The van der Waals surface area contributed by atoms with Crippen molar-refractivity contribution >= 4 is 0 Å². The third-order valence-electron chi connectivity index (χ3n) is 5.10. The van der Waals surface area contributed by atoms with Crippen molar-refractivity contribution in [1.29, 1.82) is 0 Å². The van der Waals surface area contributed by atoms with Gasteiger partial charge in [-0.1, -0.05) is 48.5 Å². The molecule has 0 aliphatic carbocycles. The molecule has 1 N–H and O–H groups in total. The minimum absolute atomic E-state index is 0.397. The summed E-state index contributed by atoms with van der Waals surface area (Å²) >= 11 is 0. The average Bonchev–Trinajstić information content (AvgIpc) is 3.09. The van der Waals surface area contributed by atoms with Crippen LogP contribution in [0.15, 0.2) is 48.5 Å². The Labute approximate surface area is 140 Å². The van der Waals surface area contributed by atoms with Crippen molar-refractivity contribution in [2.45, 2.75) is 39.3 Å². The van der Waals surface area contributed by atoms with E-state index in [9.17, 15) is 0 Å². The van der Waals surface area contributed by atoms with Crippen LogP contribution in [-0.2, 0) is 6.54 Å². The molecule has 1 heterocycles. The lowest BCUT2D eigenvalue weighted by atomic mass is 10.0. The molecule has 0 spiro atoms. The highest BCUT2D eigenvalue weighted by atomic mass is 15.2. The molecule has 23 heavy (non-hydrogen) atoms. The maximum atomic E-state index is 3.81. The van der Waals surface area contributed by atoms with E-state index in [-0.39, 0.29) is 0 Å². The van der Waals surface area contributed by atoms with Crippen molar-refractivity contribution in [2.24, 2.45) is 0 Å². The van der Waals surface area contributed by atoms with Crippen LogP contribution in [0.5, 0.6) is 0 Å². The highest BCUT2D eigenvalue weighted by Gasteiger charge is 2.18. The smallest absolute Gasteiger partial charge is 0.0451 e. The lowest BCUT2D eigenvalue weighted by Crippen LogP contribution is -2.33. The van der Waals surface area contributed by atoms with Gasteiger partial charge in [-0.05, 0) is 62.0 Å². The molecule has 2 heteroatoms. The fourth-order valence-corrected chi connectivity index (χ4v) is 3.43. The summed E-state index contributed by atoms with van der Waals surface area (Å²) in [5.41, 5.74) is 5.59. The van der Waals surface area contributed by atoms with Gasteiger partial charge in [0.15, 0.2) is 0 Å². The molecule has 3 rings (SSSR count). The van der Waals surface area contributed by atoms with E-state index in [1.54, 1.807) is 0 Å². The third-order valence-corrected chi connectivity index (χ3v) is 5.10. The Hall–Kier alpha value is -1.64. The molecule has 1 atom stereocenters. The maximum Gasteiger partial charge on any atom is 0.0451 e. The van der Waals surface area contributed by atoms with E-state index in [4.69, 9.17) is 0 Å². The van der Waals surface area contributed by atoms with E-state index in [1.807, 2.05) is 0 Å². The molecule has 0 bridgehead atoms. The summed E-state index contributed by atoms with van der Waals surface area (Å²) in [5.74, 6) is 0. The van der Waals surface area contributed by atoms with Gasteiger partial charge in [-0.15, -0.1) is 0 Å². The first kappa shape index (κ1) is 16.2. The normalized spacial score (nSPS) is 16.6. The highest BCUT2D eigenvalue weighted by molar-refractivity contribution is 5.33. The van der Waals surface area contributed by atoms with E-state index in [1.165, 1.54) is 48.2 Å². The number of hydrogen-bond donors (Lipinski definition) is 1. The molecule has 0 amide bonds. The molecule has 1 aliphatic heterocycles. The summed E-state index contributed by atoms with van der Waals surface area (Å²) in [6, 6.07) is 17.9.